The largest absolute Gasteiger partial charge is 0.255 e. The van der Waals surface area contributed by atoms with Crippen molar-refractivity contribution in [3.05, 3.63) is 48.3 Å². The highest BCUT2D eigenvalue weighted by Gasteiger charge is 1.99. The van der Waals surface area contributed by atoms with Crippen LogP contribution in [0, 0.1) is 0 Å². The Kier molecular flexibility index (Phi) is 9.47. The Bertz CT molecular complexity index is 410. The summed E-state index contributed by atoms with van der Waals surface area (Å²) in [7, 11) is 0. The molecule has 0 fully saturated rings. The highest BCUT2D eigenvalue weighted by Crippen LogP contribution is 2.13. The van der Waals surface area contributed by atoms with E-state index >= 15 is 0 Å². The molecule has 0 amide bonds. The van der Waals surface area contributed by atoms with Crippen LogP contribution in [-0.4, -0.2) is 9.97 Å². The molecule has 2 aromatic rings. The molecule has 0 unspecified atom stereocenters. The number of hydrogen-bond donors (Lipinski definition) is 0. The highest BCUT2D eigenvalue weighted by atomic mass is 14.8. The van der Waals surface area contributed by atoms with Gasteiger partial charge in [0, 0.05) is 11.9 Å². The van der Waals surface area contributed by atoms with Crippen LogP contribution in [0.4, 0.5) is 0 Å². The van der Waals surface area contributed by atoms with Gasteiger partial charge in [0.25, 0.3) is 0 Å². The van der Waals surface area contributed by atoms with E-state index in [9.17, 15) is 0 Å². The van der Waals surface area contributed by atoms with Gasteiger partial charge in [0.05, 0.1) is 11.4 Å². The fourth-order valence-corrected chi connectivity index (χ4v) is 1.33. The Balaban J connectivity index is 0.000000659. The maximum Gasteiger partial charge on any atom is 0.0889 e. The standard InChI is InChI=1S/C12H12N2.2C2H6/c1-2-10-6-5-8-12(14-10)11-7-3-4-9-13-11;2*1-2/h3-9H,2H2,1H3;2*1-2H3. The molecule has 0 aromatic carbocycles. The smallest absolute Gasteiger partial charge is 0.0889 e. The van der Waals surface area contributed by atoms with Crippen molar-refractivity contribution in [2.24, 2.45) is 0 Å². The predicted octanol–water partition coefficient (Wildman–Crippen LogP) is 4.76. The van der Waals surface area contributed by atoms with E-state index in [0.29, 0.717) is 0 Å². The summed E-state index contributed by atoms with van der Waals surface area (Å²) in [5.41, 5.74) is 2.99. The first-order chi connectivity index (χ1) is 8.90. The van der Waals surface area contributed by atoms with E-state index in [0.717, 1.165) is 23.5 Å². The van der Waals surface area contributed by atoms with Gasteiger partial charge in [0.1, 0.15) is 0 Å². The Labute approximate surface area is 111 Å². The maximum absolute atomic E-state index is 4.50. The van der Waals surface area contributed by atoms with Crippen LogP contribution in [0.3, 0.4) is 0 Å². The molecule has 2 rings (SSSR count). The summed E-state index contributed by atoms with van der Waals surface area (Å²) in [4.78, 5) is 8.76. The minimum Gasteiger partial charge on any atom is -0.255 e. The first-order valence-corrected chi connectivity index (χ1v) is 6.77. The van der Waals surface area contributed by atoms with Crippen molar-refractivity contribution in [2.45, 2.75) is 41.0 Å². The van der Waals surface area contributed by atoms with Crippen molar-refractivity contribution in [1.82, 2.24) is 9.97 Å². The van der Waals surface area contributed by atoms with Gasteiger partial charge in [-0.25, -0.2) is 0 Å². The molecule has 0 spiro atoms. The zero-order valence-corrected chi connectivity index (χ0v) is 12.1. The average molecular weight is 244 g/mol. The third kappa shape index (κ3) is 5.09. The molecule has 2 heterocycles. The molecular formula is C16H24N2. The number of aryl methyl sites for hydroxylation is 1. The van der Waals surface area contributed by atoms with Gasteiger partial charge in [0.15, 0.2) is 0 Å². The van der Waals surface area contributed by atoms with Crippen LogP contribution in [0.1, 0.15) is 40.3 Å². The normalized spacial score (nSPS) is 8.50. The van der Waals surface area contributed by atoms with Gasteiger partial charge in [-0.2, -0.15) is 0 Å². The monoisotopic (exact) mass is 244 g/mol. The van der Waals surface area contributed by atoms with E-state index in [4.69, 9.17) is 0 Å². The van der Waals surface area contributed by atoms with Crippen LogP contribution >= 0.6 is 0 Å². The molecule has 0 aliphatic heterocycles. The van der Waals surface area contributed by atoms with E-state index in [1.807, 2.05) is 64.1 Å². The van der Waals surface area contributed by atoms with Crippen molar-refractivity contribution < 1.29 is 0 Å². The molecule has 0 aliphatic rings. The summed E-state index contributed by atoms with van der Waals surface area (Å²) in [6.45, 7) is 10.1. The number of nitrogens with zero attached hydrogens (tertiary/aromatic N) is 2. The van der Waals surface area contributed by atoms with Crippen molar-refractivity contribution in [2.75, 3.05) is 0 Å². The lowest BCUT2D eigenvalue weighted by atomic mass is 10.2. The van der Waals surface area contributed by atoms with E-state index in [-0.39, 0.29) is 0 Å². The topological polar surface area (TPSA) is 25.8 Å². The van der Waals surface area contributed by atoms with E-state index in [1.54, 1.807) is 6.20 Å². The average Bonchev–Trinajstić information content (AvgIpc) is 2.52. The molecule has 2 aromatic heterocycles. The van der Waals surface area contributed by atoms with Gasteiger partial charge in [-0.05, 0) is 30.7 Å². The van der Waals surface area contributed by atoms with Crippen LogP contribution in [-0.2, 0) is 6.42 Å². The Hall–Kier alpha value is -1.70. The molecule has 0 saturated carbocycles. The Morgan fingerprint density at radius 1 is 0.833 bits per heavy atom. The van der Waals surface area contributed by atoms with Crippen molar-refractivity contribution in [3.8, 4) is 11.4 Å². The molecule has 0 N–H and O–H groups in total. The summed E-state index contributed by atoms with van der Waals surface area (Å²) in [6.07, 6.45) is 2.75. The molecule has 0 saturated heterocycles. The second kappa shape index (κ2) is 10.5. The molecule has 2 nitrogen and oxygen atoms in total. The van der Waals surface area contributed by atoms with E-state index in [2.05, 4.69) is 16.9 Å². The first kappa shape index (κ1) is 16.3. The van der Waals surface area contributed by atoms with Crippen LogP contribution in [0.25, 0.3) is 11.4 Å². The van der Waals surface area contributed by atoms with Gasteiger partial charge >= 0.3 is 0 Å². The molecule has 18 heavy (non-hydrogen) atoms. The van der Waals surface area contributed by atoms with E-state index < -0.39 is 0 Å². The quantitative estimate of drug-likeness (QED) is 0.761. The predicted molar refractivity (Wildman–Crippen MR) is 79.5 cm³/mol. The SMILES string of the molecule is CC.CC.CCc1cccc(-c2ccccn2)n1. The molecule has 2 heteroatoms. The second-order valence-electron chi connectivity index (χ2n) is 3.08. The molecule has 98 valence electrons. The minimum absolute atomic E-state index is 0.933. The molecular weight excluding hydrogens is 220 g/mol. The summed E-state index contributed by atoms with van der Waals surface area (Å²) in [6, 6.07) is 11.9. The lowest BCUT2D eigenvalue weighted by Crippen LogP contribution is -1.90. The van der Waals surface area contributed by atoms with Crippen molar-refractivity contribution in [3.63, 3.8) is 0 Å². The maximum atomic E-state index is 4.50. The number of aromatic nitrogens is 2. The van der Waals surface area contributed by atoms with Crippen LogP contribution in [0.15, 0.2) is 42.6 Å². The Morgan fingerprint density at radius 2 is 1.50 bits per heavy atom. The third-order valence-electron chi connectivity index (χ3n) is 2.10. The van der Waals surface area contributed by atoms with Gasteiger partial charge in [-0.1, -0.05) is 46.8 Å². The summed E-state index contributed by atoms with van der Waals surface area (Å²) >= 11 is 0. The zero-order chi connectivity index (χ0) is 13.8. The van der Waals surface area contributed by atoms with Crippen molar-refractivity contribution >= 4 is 0 Å². The lowest BCUT2D eigenvalue weighted by molar-refractivity contribution is 1.03. The number of pyridine rings is 2. The van der Waals surface area contributed by atoms with Gasteiger partial charge < -0.3 is 0 Å². The molecule has 0 atom stereocenters. The summed E-state index contributed by atoms with van der Waals surface area (Å²) in [5.74, 6) is 0. The summed E-state index contributed by atoms with van der Waals surface area (Å²) in [5, 5.41) is 0. The molecule has 0 bridgehead atoms. The number of rotatable bonds is 2. The van der Waals surface area contributed by atoms with Gasteiger partial charge in [-0.15, -0.1) is 0 Å². The van der Waals surface area contributed by atoms with Crippen molar-refractivity contribution in [1.29, 1.82) is 0 Å². The minimum atomic E-state index is 0.933. The fourth-order valence-electron chi connectivity index (χ4n) is 1.33. The Morgan fingerprint density at radius 3 is 2.06 bits per heavy atom. The van der Waals surface area contributed by atoms with Crippen LogP contribution in [0.2, 0.25) is 0 Å². The third-order valence-corrected chi connectivity index (χ3v) is 2.10. The van der Waals surface area contributed by atoms with Crippen LogP contribution < -0.4 is 0 Å². The van der Waals surface area contributed by atoms with Crippen LogP contribution in [0.5, 0.6) is 0 Å². The summed E-state index contributed by atoms with van der Waals surface area (Å²) < 4.78 is 0. The zero-order valence-electron chi connectivity index (χ0n) is 12.1. The number of hydrogen-bond acceptors (Lipinski definition) is 2. The first-order valence-electron chi connectivity index (χ1n) is 6.77. The highest BCUT2D eigenvalue weighted by molar-refractivity contribution is 5.53. The van der Waals surface area contributed by atoms with E-state index in [1.165, 1.54) is 0 Å². The lowest BCUT2D eigenvalue weighted by Gasteiger charge is -2.01. The second-order valence-corrected chi connectivity index (χ2v) is 3.08. The molecule has 0 aliphatic carbocycles. The molecule has 0 radical (unpaired) electrons. The fraction of sp³-hybridized carbons (Fsp3) is 0.375. The van der Waals surface area contributed by atoms with Gasteiger partial charge in [-0.3, -0.25) is 9.97 Å². The van der Waals surface area contributed by atoms with Gasteiger partial charge in [0.2, 0.25) is 0 Å².